The molecular weight excluding hydrogens is 178 g/mol. The number of hydrogen-bond donors (Lipinski definition) is 1. The Balaban J connectivity index is 0.000000720. The van der Waals surface area contributed by atoms with E-state index in [2.05, 4.69) is 10.1 Å². The van der Waals surface area contributed by atoms with Gasteiger partial charge in [0.2, 0.25) is 0 Å². The molecule has 1 unspecified atom stereocenters. The zero-order valence-electron chi connectivity index (χ0n) is 7.13. The van der Waals surface area contributed by atoms with Gasteiger partial charge in [0, 0.05) is 6.54 Å². The van der Waals surface area contributed by atoms with Crippen LogP contribution in [0.15, 0.2) is 0 Å². The van der Waals surface area contributed by atoms with E-state index in [4.69, 9.17) is 0 Å². The molecule has 4 heteroatoms. The minimum absolute atomic E-state index is 0. The van der Waals surface area contributed by atoms with Crippen molar-refractivity contribution in [3.63, 3.8) is 0 Å². The maximum absolute atomic E-state index is 11.0. The molecule has 2 fully saturated rings. The lowest BCUT2D eigenvalue weighted by atomic mass is 10.0. The van der Waals surface area contributed by atoms with Crippen LogP contribution in [-0.2, 0) is 9.53 Å². The van der Waals surface area contributed by atoms with Gasteiger partial charge in [-0.3, -0.25) is 4.79 Å². The smallest absolute Gasteiger partial charge is 0.322 e. The number of hydrogen-bond acceptors (Lipinski definition) is 3. The van der Waals surface area contributed by atoms with Crippen LogP contribution in [0.4, 0.5) is 0 Å². The molecule has 2 rings (SSSR count). The minimum atomic E-state index is -0.103. The molecule has 1 saturated carbocycles. The van der Waals surface area contributed by atoms with Crippen molar-refractivity contribution in [1.82, 2.24) is 5.32 Å². The van der Waals surface area contributed by atoms with Crippen molar-refractivity contribution in [2.75, 3.05) is 13.7 Å². The molecule has 1 aliphatic carbocycles. The highest BCUT2D eigenvalue weighted by atomic mass is 35.5. The topological polar surface area (TPSA) is 38.3 Å². The van der Waals surface area contributed by atoms with Crippen LogP contribution in [0.25, 0.3) is 0 Å². The zero-order valence-corrected chi connectivity index (χ0v) is 7.95. The van der Waals surface area contributed by atoms with Crippen LogP contribution >= 0.6 is 12.4 Å². The molecule has 1 spiro atoms. The molecular formula is C8H14ClNO2. The normalized spacial score (nSPS) is 29.6. The van der Waals surface area contributed by atoms with Crippen molar-refractivity contribution < 1.29 is 9.53 Å². The maximum atomic E-state index is 11.0. The number of ether oxygens (including phenoxy) is 1. The SMILES string of the molecule is COC(=O)C1CC2(CC2)CN1.Cl. The van der Waals surface area contributed by atoms with E-state index in [0.717, 1.165) is 13.0 Å². The highest BCUT2D eigenvalue weighted by Crippen LogP contribution is 2.51. The number of methoxy groups -OCH3 is 1. The van der Waals surface area contributed by atoms with Gasteiger partial charge >= 0.3 is 5.97 Å². The Labute approximate surface area is 78.3 Å². The fourth-order valence-electron chi connectivity index (χ4n) is 1.78. The second kappa shape index (κ2) is 3.23. The van der Waals surface area contributed by atoms with Crippen LogP contribution in [-0.4, -0.2) is 25.7 Å². The van der Waals surface area contributed by atoms with Crippen molar-refractivity contribution in [2.24, 2.45) is 5.41 Å². The molecule has 1 saturated heterocycles. The molecule has 0 bridgehead atoms. The summed E-state index contributed by atoms with van der Waals surface area (Å²) in [7, 11) is 1.45. The van der Waals surface area contributed by atoms with Crippen molar-refractivity contribution in [1.29, 1.82) is 0 Å². The first-order chi connectivity index (χ1) is 5.26. The Kier molecular flexibility index (Phi) is 2.64. The van der Waals surface area contributed by atoms with Gasteiger partial charge in [-0.05, 0) is 24.7 Å². The molecule has 0 aromatic heterocycles. The molecule has 0 amide bonds. The number of rotatable bonds is 1. The van der Waals surface area contributed by atoms with E-state index < -0.39 is 0 Å². The predicted octanol–water partition coefficient (Wildman–Crippen LogP) is 0.723. The Bertz CT molecular complexity index is 191. The van der Waals surface area contributed by atoms with E-state index in [-0.39, 0.29) is 24.4 Å². The average molecular weight is 192 g/mol. The first kappa shape index (κ1) is 9.81. The van der Waals surface area contributed by atoms with Crippen LogP contribution in [0.5, 0.6) is 0 Å². The van der Waals surface area contributed by atoms with Gasteiger partial charge in [0.25, 0.3) is 0 Å². The summed E-state index contributed by atoms with van der Waals surface area (Å²) < 4.78 is 4.65. The summed E-state index contributed by atoms with van der Waals surface area (Å²) >= 11 is 0. The van der Waals surface area contributed by atoms with E-state index in [1.807, 2.05) is 0 Å². The van der Waals surface area contributed by atoms with Crippen LogP contribution in [0.1, 0.15) is 19.3 Å². The lowest BCUT2D eigenvalue weighted by Gasteiger charge is -2.05. The van der Waals surface area contributed by atoms with Crippen LogP contribution in [0.2, 0.25) is 0 Å². The van der Waals surface area contributed by atoms with Crippen LogP contribution in [0.3, 0.4) is 0 Å². The summed E-state index contributed by atoms with van der Waals surface area (Å²) in [5.41, 5.74) is 0.485. The quantitative estimate of drug-likeness (QED) is 0.621. The Morgan fingerprint density at radius 1 is 1.58 bits per heavy atom. The lowest BCUT2D eigenvalue weighted by Crippen LogP contribution is -2.31. The summed E-state index contributed by atoms with van der Waals surface area (Å²) in [6.07, 6.45) is 3.56. The van der Waals surface area contributed by atoms with Gasteiger partial charge in [-0.15, -0.1) is 12.4 Å². The molecule has 70 valence electrons. The van der Waals surface area contributed by atoms with Crippen molar-refractivity contribution in [3.8, 4) is 0 Å². The van der Waals surface area contributed by atoms with Gasteiger partial charge in [-0.1, -0.05) is 0 Å². The first-order valence-electron chi connectivity index (χ1n) is 4.07. The second-order valence-electron chi connectivity index (χ2n) is 3.66. The van der Waals surface area contributed by atoms with Crippen molar-refractivity contribution in [2.45, 2.75) is 25.3 Å². The van der Waals surface area contributed by atoms with Gasteiger partial charge in [0.05, 0.1) is 7.11 Å². The highest BCUT2D eigenvalue weighted by molar-refractivity contribution is 5.85. The number of nitrogens with one attached hydrogen (secondary N) is 1. The summed E-state index contributed by atoms with van der Waals surface area (Å²) in [5, 5.41) is 3.19. The first-order valence-corrected chi connectivity index (χ1v) is 4.07. The molecule has 12 heavy (non-hydrogen) atoms. The molecule has 1 N–H and O–H groups in total. The van der Waals surface area contributed by atoms with Gasteiger partial charge < -0.3 is 10.1 Å². The zero-order chi connectivity index (χ0) is 7.90. The summed E-state index contributed by atoms with van der Waals surface area (Å²) in [5.74, 6) is -0.103. The molecule has 0 aromatic rings. The highest BCUT2D eigenvalue weighted by Gasteiger charge is 2.50. The second-order valence-corrected chi connectivity index (χ2v) is 3.66. The Morgan fingerprint density at radius 3 is 2.67 bits per heavy atom. The van der Waals surface area contributed by atoms with Crippen molar-refractivity contribution in [3.05, 3.63) is 0 Å². The number of carbonyl (C=O) groups excluding carboxylic acids is 1. The Morgan fingerprint density at radius 2 is 2.25 bits per heavy atom. The number of esters is 1. The summed E-state index contributed by atoms with van der Waals surface area (Å²) in [6, 6.07) is -0.0255. The van der Waals surface area contributed by atoms with E-state index in [1.165, 1.54) is 20.0 Å². The van der Waals surface area contributed by atoms with E-state index >= 15 is 0 Å². The van der Waals surface area contributed by atoms with E-state index in [9.17, 15) is 4.79 Å². The average Bonchev–Trinajstić information content (AvgIpc) is 2.61. The van der Waals surface area contributed by atoms with E-state index in [0.29, 0.717) is 5.41 Å². The number of carbonyl (C=O) groups is 1. The molecule has 0 radical (unpaired) electrons. The third kappa shape index (κ3) is 1.57. The minimum Gasteiger partial charge on any atom is -0.468 e. The molecule has 3 nitrogen and oxygen atoms in total. The summed E-state index contributed by atoms with van der Waals surface area (Å²) in [4.78, 5) is 11.0. The van der Waals surface area contributed by atoms with Crippen molar-refractivity contribution >= 4 is 18.4 Å². The van der Waals surface area contributed by atoms with Gasteiger partial charge in [-0.25, -0.2) is 0 Å². The largest absolute Gasteiger partial charge is 0.468 e. The monoisotopic (exact) mass is 191 g/mol. The predicted molar refractivity (Wildman–Crippen MR) is 47.3 cm³/mol. The maximum Gasteiger partial charge on any atom is 0.322 e. The Hall–Kier alpha value is -0.280. The fourth-order valence-corrected chi connectivity index (χ4v) is 1.78. The lowest BCUT2D eigenvalue weighted by molar-refractivity contribution is -0.142. The van der Waals surface area contributed by atoms with Gasteiger partial charge in [0.15, 0.2) is 0 Å². The third-order valence-electron chi connectivity index (χ3n) is 2.80. The molecule has 1 aliphatic heterocycles. The van der Waals surface area contributed by atoms with E-state index in [1.54, 1.807) is 0 Å². The third-order valence-corrected chi connectivity index (χ3v) is 2.80. The standard InChI is InChI=1S/C8H13NO2.ClH/c1-11-7(10)6-4-8(2-3-8)5-9-6;/h6,9H,2-5H2,1H3;1H. The molecule has 1 atom stereocenters. The molecule has 2 aliphatic rings. The summed E-state index contributed by atoms with van der Waals surface area (Å²) in [6.45, 7) is 1.01. The van der Waals surface area contributed by atoms with Gasteiger partial charge in [-0.2, -0.15) is 0 Å². The van der Waals surface area contributed by atoms with Crippen LogP contribution in [0, 0.1) is 5.41 Å². The molecule has 0 aromatic carbocycles. The fraction of sp³-hybridized carbons (Fsp3) is 0.875. The number of halogens is 1. The van der Waals surface area contributed by atoms with Crippen LogP contribution < -0.4 is 5.32 Å². The van der Waals surface area contributed by atoms with Gasteiger partial charge in [0.1, 0.15) is 6.04 Å². The molecule has 1 heterocycles.